The Hall–Kier alpha value is -2.89. The maximum absolute atomic E-state index is 12.5. The van der Waals surface area contributed by atoms with Gasteiger partial charge in [-0.1, -0.05) is 35.5 Å². The van der Waals surface area contributed by atoms with Gasteiger partial charge in [-0.25, -0.2) is 0 Å². The Morgan fingerprint density at radius 3 is 3.00 bits per heavy atom. The van der Waals surface area contributed by atoms with E-state index in [-0.39, 0.29) is 11.9 Å². The fourth-order valence-corrected chi connectivity index (χ4v) is 3.21. The van der Waals surface area contributed by atoms with Crippen LogP contribution in [0, 0.1) is 0 Å². The molecule has 0 saturated carbocycles. The smallest absolute Gasteiger partial charge is 0.273 e. The van der Waals surface area contributed by atoms with Crippen molar-refractivity contribution in [2.45, 2.75) is 25.3 Å². The molecule has 0 aliphatic heterocycles. The van der Waals surface area contributed by atoms with Gasteiger partial charge in [-0.05, 0) is 19.3 Å². The summed E-state index contributed by atoms with van der Waals surface area (Å²) in [5, 5.41) is 11.3. The highest BCUT2D eigenvalue weighted by atomic mass is 16.5. The number of aryl methyl sites for hydroxylation is 1. The molecule has 3 aromatic rings. The van der Waals surface area contributed by atoms with Crippen LogP contribution < -0.4 is 5.32 Å². The molecular formula is C18H18N4O2. The first-order valence-electron chi connectivity index (χ1n) is 8.06. The van der Waals surface area contributed by atoms with Crippen LogP contribution in [0.1, 0.15) is 40.6 Å². The normalized spacial score (nSPS) is 16.6. The molecule has 122 valence electrons. The fourth-order valence-electron chi connectivity index (χ4n) is 3.21. The zero-order chi connectivity index (χ0) is 16.5. The Labute approximate surface area is 139 Å². The van der Waals surface area contributed by atoms with Gasteiger partial charge < -0.3 is 9.84 Å². The van der Waals surface area contributed by atoms with Crippen LogP contribution in [0.2, 0.25) is 0 Å². The second-order valence-corrected chi connectivity index (χ2v) is 6.03. The molecule has 1 aliphatic carbocycles. The summed E-state index contributed by atoms with van der Waals surface area (Å²) in [6, 6.07) is 11.3. The van der Waals surface area contributed by atoms with Crippen molar-refractivity contribution in [1.29, 1.82) is 0 Å². The third kappa shape index (κ3) is 2.60. The molecule has 1 N–H and O–H groups in total. The lowest BCUT2D eigenvalue weighted by Gasteiger charge is -2.23. The summed E-state index contributed by atoms with van der Waals surface area (Å²) < 4.78 is 7.19. The number of hydrogen-bond acceptors (Lipinski definition) is 4. The first-order valence-corrected chi connectivity index (χ1v) is 8.06. The molecule has 4 rings (SSSR count). The quantitative estimate of drug-likeness (QED) is 0.805. The van der Waals surface area contributed by atoms with Crippen LogP contribution in [-0.2, 0) is 13.5 Å². The maximum Gasteiger partial charge on any atom is 0.273 e. The van der Waals surface area contributed by atoms with E-state index in [1.807, 2.05) is 48.3 Å². The Kier molecular flexibility index (Phi) is 3.65. The molecule has 0 radical (unpaired) electrons. The molecule has 0 saturated heterocycles. The molecule has 1 atom stereocenters. The van der Waals surface area contributed by atoms with Gasteiger partial charge in [-0.15, -0.1) is 0 Å². The average molecular weight is 322 g/mol. The number of benzene rings is 1. The summed E-state index contributed by atoms with van der Waals surface area (Å²) in [6.07, 6.45) is 4.79. The second kappa shape index (κ2) is 5.96. The van der Waals surface area contributed by atoms with E-state index in [0.29, 0.717) is 11.5 Å². The van der Waals surface area contributed by atoms with Crippen molar-refractivity contribution in [3.8, 4) is 11.3 Å². The summed E-state index contributed by atoms with van der Waals surface area (Å²) in [5.74, 6) is 0.370. The van der Waals surface area contributed by atoms with Crippen molar-refractivity contribution in [1.82, 2.24) is 20.3 Å². The van der Waals surface area contributed by atoms with E-state index in [4.69, 9.17) is 4.52 Å². The van der Waals surface area contributed by atoms with Crippen LogP contribution in [0.5, 0.6) is 0 Å². The second-order valence-electron chi connectivity index (χ2n) is 6.03. The van der Waals surface area contributed by atoms with Crippen LogP contribution in [0.25, 0.3) is 11.3 Å². The van der Waals surface area contributed by atoms with Gasteiger partial charge in [-0.2, -0.15) is 5.10 Å². The van der Waals surface area contributed by atoms with Crippen LogP contribution in [0.3, 0.4) is 0 Å². The lowest BCUT2D eigenvalue weighted by molar-refractivity contribution is 0.0923. The third-order valence-corrected chi connectivity index (χ3v) is 4.48. The molecule has 1 aromatic carbocycles. The lowest BCUT2D eigenvalue weighted by Crippen LogP contribution is -2.31. The predicted molar refractivity (Wildman–Crippen MR) is 88.3 cm³/mol. The first-order chi connectivity index (χ1) is 11.7. The number of carbonyl (C=O) groups is 1. The minimum Gasteiger partial charge on any atom is -0.355 e. The molecular weight excluding hydrogens is 304 g/mol. The molecule has 6 heteroatoms. The van der Waals surface area contributed by atoms with Gasteiger partial charge in [-0.3, -0.25) is 9.48 Å². The first kappa shape index (κ1) is 14.7. The minimum absolute atomic E-state index is 0.0215. The Bertz CT molecular complexity index is 866. The predicted octanol–water partition coefficient (Wildman–Crippen LogP) is 2.88. The summed E-state index contributed by atoms with van der Waals surface area (Å²) in [5.41, 5.74) is 3.49. The maximum atomic E-state index is 12.5. The van der Waals surface area contributed by atoms with Crippen LogP contribution >= 0.6 is 0 Å². The Morgan fingerprint density at radius 1 is 1.33 bits per heavy atom. The molecule has 1 amide bonds. The standard InChI is InChI=1S/C18H18N4O2/c1-22-16-9-5-8-14(13(16)11-19-22)20-18(23)15-10-17(24-21-15)12-6-3-2-4-7-12/h2-4,6-7,10-11,14H,5,8-9H2,1H3,(H,20,23)/t14-/m0/s1. The highest BCUT2D eigenvalue weighted by molar-refractivity contribution is 5.93. The van der Waals surface area contributed by atoms with E-state index in [1.54, 1.807) is 6.07 Å². The molecule has 6 nitrogen and oxygen atoms in total. The van der Waals surface area contributed by atoms with Crippen LogP contribution in [0.15, 0.2) is 47.1 Å². The molecule has 1 aliphatic rings. The van der Waals surface area contributed by atoms with Crippen molar-refractivity contribution >= 4 is 5.91 Å². The molecule has 0 unspecified atom stereocenters. The van der Waals surface area contributed by atoms with Crippen LogP contribution in [0.4, 0.5) is 0 Å². The third-order valence-electron chi connectivity index (χ3n) is 4.48. The number of aromatic nitrogens is 3. The van der Waals surface area contributed by atoms with Crippen molar-refractivity contribution in [2.75, 3.05) is 0 Å². The van der Waals surface area contributed by atoms with Gasteiger partial charge >= 0.3 is 0 Å². The summed E-state index contributed by atoms with van der Waals surface area (Å²) >= 11 is 0. The van der Waals surface area contributed by atoms with Crippen molar-refractivity contribution in [2.24, 2.45) is 7.05 Å². The van der Waals surface area contributed by atoms with Crippen molar-refractivity contribution < 1.29 is 9.32 Å². The van der Waals surface area contributed by atoms with Crippen molar-refractivity contribution in [3.63, 3.8) is 0 Å². The lowest BCUT2D eigenvalue weighted by atomic mass is 9.93. The van der Waals surface area contributed by atoms with E-state index in [2.05, 4.69) is 15.6 Å². The van der Waals surface area contributed by atoms with Gasteiger partial charge in [0, 0.05) is 29.9 Å². The van der Waals surface area contributed by atoms with Crippen molar-refractivity contribution in [3.05, 3.63) is 59.5 Å². The van der Waals surface area contributed by atoms with Gasteiger partial charge in [0.2, 0.25) is 0 Å². The topological polar surface area (TPSA) is 73.0 Å². The van der Waals surface area contributed by atoms with E-state index < -0.39 is 0 Å². The number of nitrogens with zero attached hydrogens (tertiary/aromatic N) is 3. The van der Waals surface area contributed by atoms with E-state index >= 15 is 0 Å². The Balaban J connectivity index is 1.53. The SMILES string of the molecule is Cn1ncc2c1CCC[C@@H]2NC(=O)c1cc(-c2ccccc2)on1. The van der Waals surface area contributed by atoms with E-state index in [0.717, 1.165) is 30.4 Å². The van der Waals surface area contributed by atoms with Crippen LogP contribution in [-0.4, -0.2) is 20.8 Å². The number of hydrogen-bond donors (Lipinski definition) is 1. The monoisotopic (exact) mass is 322 g/mol. The highest BCUT2D eigenvalue weighted by Crippen LogP contribution is 2.29. The molecule has 24 heavy (non-hydrogen) atoms. The summed E-state index contributed by atoms with van der Waals surface area (Å²) in [6.45, 7) is 0. The molecule has 0 spiro atoms. The Morgan fingerprint density at radius 2 is 2.17 bits per heavy atom. The molecule has 2 aromatic heterocycles. The van der Waals surface area contributed by atoms with Gasteiger partial charge in [0.15, 0.2) is 11.5 Å². The number of amides is 1. The summed E-state index contributed by atoms with van der Waals surface area (Å²) in [4.78, 5) is 12.5. The zero-order valence-electron chi connectivity index (χ0n) is 13.4. The van der Waals surface area contributed by atoms with E-state index in [1.165, 1.54) is 5.69 Å². The number of carbonyl (C=O) groups excluding carboxylic acids is 1. The van der Waals surface area contributed by atoms with Gasteiger partial charge in [0.05, 0.1) is 12.2 Å². The largest absolute Gasteiger partial charge is 0.355 e. The fraction of sp³-hybridized carbons (Fsp3) is 0.278. The molecule has 0 fully saturated rings. The zero-order valence-corrected chi connectivity index (χ0v) is 13.4. The highest BCUT2D eigenvalue weighted by Gasteiger charge is 2.26. The van der Waals surface area contributed by atoms with Gasteiger partial charge in [0.1, 0.15) is 0 Å². The van der Waals surface area contributed by atoms with Gasteiger partial charge in [0.25, 0.3) is 5.91 Å². The average Bonchev–Trinajstić information content (AvgIpc) is 3.24. The number of fused-ring (bicyclic) bond motifs is 1. The minimum atomic E-state index is -0.220. The van der Waals surface area contributed by atoms with E-state index in [9.17, 15) is 4.79 Å². The summed E-state index contributed by atoms with van der Waals surface area (Å²) in [7, 11) is 1.94. The molecule has 0 bridgehead atoms. The molecule has 2 heterocycles. The number of nitrogens with one attached hydrogen (secondary N) is 1. The number of rotatable bonds is 3.